The van der Waals surface area contributed by atoms with Crippen molar-refractivity contribution >= 4 is 11.6 Å². The number of amides is 1. The lowest BCUT2D eigenvalue weighted by Gasteiger charge is -2.23. The highest BCUT2D eigenvalue weighted by Crippen LogP contribution is 2.32. The highest BCUT2D eigenvalue weighted by Gasteiger charge is 2.36. The second-order valence-corrected chi connectivity index (χ2v) is 5.58. The van der Waals surface area contributed by atoms with E-state index < -0.39 is 0 Å². The Morgan fingerprint density at radius 3 is 2.86 bits per heavy atom. The summed E-state index contributed by atoms with van der Waals surface area (Å²) >= 11 is 0. The Labute approximate surface area is 124 Å². The number of aromatic nitrogens is 1. The molecule has 4 heteroatoms. The monoisotopic (exact) mass is 283 g/mol. The Morgan fingerprint density at radius 2 is 2.10 bits per heavy atom. The molecule has 0 radical (unpaired) electrons. The van der Waals surface area contributed by atoms with Crippen LogP contribution in [0.5, 0.6) is 5.75 Å². The van der Waals surface area contributed by atoms with Crippen molar-refractivity contribution in [1.82, 2.24) is 0 Å². The molecule has 0 saturated carbocycles. The average molecular weight is 283 g/mol. The molecule has 21 heavy (non-hydrogen) atoms. The molecule has 1 amide bonds. The first-order valence-electron chi connectivity index (χ1n) is 7.18. The van der Waals surface area contributed by atoms with Crippen molar-refractivity contribution in [2.24, 2.45) is 0 Å². The summed E-state index contributed by atoms with van der Waals surface area (Å²) in [5.74, 6) is 0.204. The Kier molecular flexibility index (Phi) is 3.37. The summed E-state index contributed by atoms with van der Waals surface area (Å²) in [4.78, 5) is 14.7. The maximum Gasteiger partial charge on any atom is 0.296 e. The first-order valence-corrected chi connectivity index (χ1v) is 7.18. The second-order valence-electron chi connectivity index (χ2n) is 5.58. The number of benzene rings is 1. The lowest BCUT2D eigenvalue weighted by Crippen LogP contribution is -2.49. The van der Waals surface area contributed by atoms with Gasteiger partial charge in [-0.2, -0.15) is 4.57 Å². The van der Waals surface area contributed by atoms with Crippen molar-refractivity contribution in [3.8, 4) is 5.75 Å². The molecule has 1 aliphatic heterocycles. The maximum absolute atomic E-state index is 12.9. The number of aromatic hydroxyl groups is 1. The quantitative estimate of drug-likeness (QED) is 0.859. The molecule has 2 atom stereocenters. The molecular formula is C17H19N2O2+. The molecule has 0 unspecified atom stereocenters. The van der Waals surface area contributed by atoms with Crippen LogP contribution in [0.25, 0.3) is 0 Å². The SMILES string of the molecule is C[C@@H]1Cc2ccccc2N1C(=O)[C@@H](C)[n+]1cccc(O)c1. The summed E-state index contributed by atoms with van der Waals surface area (Å²) in [6.45, 7) is 3.92. The van der Waals surface area contributed by atoms with Crippen LogP contribution in [0.3, 0.4) is 0 Å². The van der Waals surface area contributed by atoms with Crippen LogP contribution in [-0.2, 0) is 11.2 Å². The molecule has 0 saturated heterocycles. The zero-order valence-electron chi connectivity index (χ0n) is 12.2. The number of carbonyl (C=O) groups is 1. The number of para-hydroxylation sites is 1. The molecule has 108 valence electrons. The molecule has 2 aromatic rings. The van der Waals surface area contributed by atoms with E-state index in [0.717, 1.165) is 12.1 Å². The predicted octanol–water partition coefficient (Wildman–Crippen LogP) is 2.22. The number of pyridine rings is 1. The van der Waals surface area contributed by atoms with E-state index in [1.165, 1.54) is 5.56 Å². The number of anilines is 1. The fraction of sp³-hybridized carbons (Fsp3) is 0.294. The van der Waals surface area contributed by atoms with Gasteiger partial charge in [0.1, 0.15) is 0 Å². The van der Waals surface area contributed by atoms with Gasteiger partial charge in [0.25, 0.3) is 5.91 Å². The van der Waals surface area contributed by atoms with Gasteiger partial charge in [0.05, 0.1) is 0 Å². The molecular weight excluding hydrogens is 264 g/mol. The van der Waals surface area contributed by atoms with Gasteiger partial charge in [0.2, 0.25) is 12.2 Å². The van der Waals surface area contributed by atoms with Crippen LogP contribution in [0.4, 0.5) is 5.69 Å². The number of fused-ring (bicyclic) bond motifs is 1. The Morgan fingerprint density at radius 1 is 1.33 bits per heavy atom. The molecule has 2 heterocycles. The minimum Gasteiger partial charge on any atom is -0.503 e. The second kappa shape index (κ2) is 5.20. The summed E-state index contributed by atoms with van der Waals surface area (Å²) in [6.07, 6.45) is 4.27. The highest BCUT2D eigenvalue weighted by atomic mass is 16.3. The van der Waals surface area contributed by atoms with Gasteiger partial charge in [0.15, 0.2) is 11.9 Å². The molecule has 1 aliphatic rings. The van der Waals surface area contributed by atoms with E-state index in [2.05, 4.69) is 13.0 Å². The fourth-order valence-electron chi connectivity index (χ4n) is 2.95. The van der Waals surface area contributed by atoms with Crippen LogP contribution in [0.15, 0.2) is 48.8 Å². The van der Waals surface area contributed by atoms with Crippen LogP contribution >= 0.6 is 0 Å². The number of hydrogen-bond donors (Lipinski definition) is 1. The topological polar surface area (TPSA) is 44.4 Å². The summed E-state index contributed by atoms with van der Waals surface area (Å²) < 4.78 is 1.74. The first kappa shape index (κ1) is 13.6. The van der Waals surface area contributed by atoms with Gasteiger partial charge in [-0.1, -0.05) is 18.2 Å². The zero-order chi connectivity index (χ0) is 15.0. The van der Waals surface area contributed by atoms with E-state index in [1.54, 1.807) is 29.1 Å². The van der Waals surface area contributed by atoms with Gasteiger partial charge >= 0.3 is 0 Å². The third-order valence-electron chi connectivity index (χ3n) is 4.06. The average Bonchev–Trinajstić information content (AvgIpc) is 2.81. The smallest absolute Gasteiger partial charge is 0.296 e. The summed E-state index contributed by atoms with van der Waals surface area (Å²) in [6, 6.07) is 11.2. The third kappa shape index (κ3) is 2.37. The van der Waals surface area contributed by atoms with Crippen LogP contribution in [-0.4, -0.2) is 17.1 Å². The van der Waals surface area contributed by atoms with E-state index in [4.69, 9.17) is 0 Å². The van der Waals surface area contributed by atoms with Crippen molar-refractivity contribution in [2.75, 3.05) is 4.90 Å². The Balaban J connectivity index is 1.92. The van der Waals surface area contributed by atoms with Gasteiger partial charge < -0.3 is 10.0 Å². The normalized spacial score (nSPS) is 18.4. The lowest BCUT2D eigenvalue weighted by atomic mass is 10.1. The number of nitrogens with zero attached hydrogens (tertiary/aromatic N) is 2. The minimum absolute atomic E-state index is 0.0445. The molecule has 3 rings (SSSR count). The van der Waals surface area contributed by atoms with Crippen LogP contribution in [0, 0.1) is 0 Å². The summed E-state index contributed by atoms with van der Waals surface area (Å²) in [5, 5.41) is 9.57. The molecule has 1 aromatic carbocycles. The Bertz CT molecular complexity index is 684. The van der Waals surface area contributed by atoms with E-state index in [9.17, 15) is 9.90 Å². The van der Waals surface area contributed by atoms with Gasteiger partial charge in [-0.3, -0.25) is 4.79 Å². The zero-order valence-corrected chi connectivity index (χ0v) is 12.2. The summed E-state index contributed by atoms with van der Waals surface area (Å²) in [7, 11) is 0. The van der Waals surface area contributed by atoms with Gasteiger partial charge in [-0.15, -0.1) is 0 Å². The molecule has 0 spiro atoms. The molecule has 0 aliphatic carbocycles. The molecule has 1 aromatic heterocycles. The number of carbonyl (C=O) groups excluding carboxylic acids is 1. The van der Waals surface area contributed by atoms with Crippen LogP contribution < -0.4 is 9.47 Å². The van der Waals surface area contributed by atoms with E-state index in [1.807, 2.05) is 30.0 Å². The van der Waals surface area contributed by atoms with Crippen molar-refractivity contribution in [3.05, 3.63) is 54.4 Å². The largest absolute Gasteiger partial charge is 0.503 e. The lowest BCUT2D eigenvalue weighted by molar-refractivity contribution is -0.706. The van der Waals surface area contributed by atoms with Gasteiger partial charge in [-0.05, 0) is 31.0 Å². The number of hydrogen-bond acceptors (Lipinski definition) is 2. The molecule has 0 bridgehead atoms. The highest BCUT2D eigenvalue weighted by molar-refractivity contribution is 5.97. The number of rotatable bonds is 2. The van der Waals surface area contributed by atoms with E-state index >= 15 is 0 Å². The van der Waals surface area contributed by atoms with Crippen LogP contribution in [0.1, 0.15) is 25.5 Å². The van der Waals surface area contributed by atoms with Gasteiger partial charge in [-0.25, -0.2) is 0 Å². The van der Waals surface area contributed by atoms with Crippen LogP contribution in [0.2, 0.25) is 0 Å². The van der Waals surface area contributed by atoms with E-state index in [-0.39, 0.29) is 23.7 Å². The predicted molar refractivity (Wildman–Crippen MR) is 80.1 cm³/mol. The molecule has 1 N–H and O–H groups in total. The molecule has 0 fully saturated rings. The van der Waals surface area contributed by atoms with Gasteiger partial charge in [0, 0.05) is 24.7 Å². The molecule has 4 nitrogen and oxygen atoms in total. The van der Waals surface area contributed by atoms with Crippen molar-refractivity contribution in [1.29, 1.82) is 0 Å². The van der Waals surface area contributed by atoms with Crippen molar-refractivity contribution < 1.29 is 14.5 Å². The van der Waals surface area contributed by atoms with E-state index in [0.29, 0.717) is 0 Å². The fourth-order valence-corrected chi connectivity index (χ4v) is 2.95. The third-order valence-corrected chi connectivity index (χ3v) is 4.06. The maximum atomic E-state index is 12.9. The van der Waals surface area contributed by atoms with Crippen molar-refractivity contribution in [2.45, 2.75) is 32.4 Å². The summed E-state index contributed by atoms with van der Waals surface area (Å²) in [5.41, 5.74) is 2.22. The van der Waals surface area contributed by atoms with Crippen molar-refractivity contribution in [3.63, 3.8) is 0 Å². The minimum atomic E-state index is -0.356. The first-order chi connectivity index (χ1) is 10.1. The Hall–Kier alpha value is -2.36. The standard InChI is InChI=1S/C17H18N2O2/c1-12-10-14-6-3-4-8-16(14)19(12)17(21)13(2)18-9-5-7-15(20)11-18/h3-9,11-13H,10H2,1-2H3/p+1/t12-,13-/m1/s1.